The van der Waals surface area contributed by atoms with Crippen molar-refractivity contribution in [2.75, 3.05) is 0 Å². The zero-order chi connectivity index (χ0) is 12.1. The molecule has 1 heterocycles. The smallest absolute Gasteiger partial charge is 0.249 e. The van der Waals surface area contributed by atoms with E-state index in [1.807, 2.05) is 0 Å². The monoisotopic (exact) mass is 232 g/mol. The van der Waals surface area contributed by atoms with E-state index in [0.29, 0.717) is 5.56 Å². The normalized spacial score (nSPS) is 16.9. The molecule has 1 aliphatic rings. The second-order valence-electron chi connectivity index (χ2n) is 4.94. The highest BCUT2D eigenvalue weighted by atomic mass is 16.1. The number of hydrogen-bond acceptors (Lipinski definition) is 2. The highest BCUT2D eigenvalue weighted by molar-refractivity contribution is 5.94. The Kier molecular flexibility index (Phi) is 4.13. The van der Waals surface area contributed by atoms with Gasteiger partial charge < -0.3 is 5.73 Å². The number of pyridine rings is 1. The van der Waals surface area contributed by atoms with Crippen molar-refractivity contribution in [2.45, 2.75) is 44.9 Å². The van der Waals surface area contributed by atoms with Crippen molar-refractivity contribution in [3.63, 3.8) is 0 Å². The predicted octanol–water partition coefficient (Wildman–Crippen LogP) is 2.69. The second-order valence-corrected chi connectivity index (χ2v) is 4.94. The van der Waals surface area contributed by atoms with E-state index in [2.05, 4.69) is 4.98 Å². The van der Waals surface area contributed by atoms with Crippen molar-refractivity contribution in [1.29, 1.82) is 0 Å². The van der Waals surface area contributed by atoms with E-state index in [-0.39, 0.29) is 5.91 Å². The fourth-order valence-electron chi connectivity index (χ4n) is 2.70. The van der Waals surface area contributed by atoms with Crippen LogP contribution in [0.1, 0.15) is 54.4 Å². The number of primary amides is 1. The van der Waals surface area contributed by atoms with Crippen LogP contribution in [0.5, 0.6) is 0 Å². The number of aromatic nitrogens is 1. The standard InChI is InChI=1S/C14H20N2O/c15-14(17)13-8-9-16-10-12(13)7-6-11-4-2-1-3-5-11/h8-11H,1-7H2,(H2,15,17). The van der Waals surface area contributed by atoms with Gasteiger partial charge in [-0.05, 0) is 30.4 Å². The van der Waals surface area contributed by atoms with Gasteiger partial charge in [0.25, 0.3) is 0 Å². The molecular formula is C14H20N2O. The summed E-state index contributed by atoms with van der Waals surface area (Å²) in [5.74, 6) is 0.482. The van der Waals surface area contributed by atoms with E-state index < -0.39 is 0 Å². The molecule has 1 saturated carbocycles. The van der Waals surface area contributed by atoms with Gasteiger partial charge in [-0.3, -0.25) is 9.78 Å². The Hall–Kier alpha value is -1.38. The van der Waals surface area contributed by atoms with Gasteiger partial charge in [-0.2, -0.15) is 0 Å². The molecule has 3 heteroatoms. The van der Waals surface area contributed by atoms with E-state index in [9.17, 15) is 4.79 Å². The number of aryl methyl sites for hydroxylation is 1. The number of nitrogens with two attached hydrogens (primary N) is 1. The maximum atomic E-state index is 11.3. The fourth-order valence-corrected chi connectivity index (χ4v) is 2.70. The third kappa shape index (κ3) is 3.29. The molecule has 17 heavy (non-hydrogen) atoms. The molecule has 0 atom stereocenters. The van der Waals surface area contributed by atoms with Gasteiger partial charge in [-0.25, -0.2) is 0 Å². The summed E-state index contributed by atoms with van der Waals surface area (Å²) >= 11 is 0. The third-order valence-electron chi connectivity index (χ3n) is 3.72. The van der Waals surface area contributed by atoms with E-state index in [0.717, 1.165) is 24.3 Å². The molecule has 0 radical (unpaired) electrons. The van der Waals surface area contributed by atoms with Crippen LogP contribution in [-0.4, -0.2) is 10.9 Å². The van der Waals surface area contributed by atoms with Crippen molar-refractivity contribution in [1.82, 2.24) is 4.98 Å². The minimum atomic E-state index is -0.342. The van der Waals surface area contributed by atoms with E-state index in [1.165, 1.54) is 32.1 Å². The molecule has 0 bridgehead atoms. The van der Waals surface area contributed by atoms with Crippen LogP contribution in [0, 0.1) is 5.92 Å². The van der Waals surface area contributed by atoms with Gasteiger partial charge in [0.1, 0.15) is 0 Å². The summed E-state index contributed by atoms with van der Waals surface area (Å²) in [5, 5.41) is 0. The summed E-state index contributed by atoms with van der Waals surface area (Å²) in [7, 11) is 0. The van der Waals surface area contributed by atoms with Crippen molar-refractivity contribution >= 4 is 5.91 Å². The summed E-state index contributed by atoms with van der Waals surface area (Å²) in [6.45, 7) is 0. The number of nitrogens with zero attached hydrogens (tertiary/aromatic N) is 1. The summed E-state index contributed by atoms with van der Waals surface area (Å²) in [6.07, 6.45) is 12.3. The van der Waals surface area contributed by atoms with Crippen LogP contribution in [0.25, 0.3) is 0 Å². The first-order valence-corrected chi connectivity index (χ1v) is 6.50. The lowest BCUT2D eigenvalue weighted by molar-refractivity contribution is 0.0999. The summed E-state index contributed by atoms with van der Waals surface area (Å²) < 4.78 is 0. The van der Waals surface area contributed by atoms with Crippen molar-refractivity contribution in [3.8, 4) is 0 Å². The van der Waals surface area contributed by atoms with Crippen molar-refractivity contribution < 1.29 is 4.79 Å². The van der Waals surface area contributed by atoms with Crippen LogP contribution in [0.3, 0.4) is 0 Å². The van der Waals surface area contributed by atoms with Crippen LogP contribution in [0.4, 0.5) is 0 Å². The molecule has 2 N–H and O–H groups in total. The summed E-state index contributed by atoms with van der Waals surface area (Å²) in [4.78, 5) is 15.4. The molecule has 1 amide bonds. The number of carbonyl (C=O) groups excluding carboxylic acids is 1. The lowest BCUT2D eigenvalue weighted by atomic mass is 9.85. The largest absolute Gasteiger partial charge is 0.366 e. The molecule has 3 nitrogen and oxygen atoms in total. The van der Waals surface area contributed by atoms with Gasteiger partial charge in [0.2, 0.25) is 5.91 Å². The summed E-state index contributed by atoms with van der Waals surface area (Å²) in [6, 6.07) is 1.72. The van der Waals surface area contributed by atoms with Gasteiger partial charge in [-0.15, -0.1) is 0 Å². The topological polar surface area (TPSA) is 56.0 Å². The third-order valence-corrected chi connectivity index (χ3v) is 3.72. The first-order valence-electron chi connectivity index (χ1n) is 6.50. The minimum Gasteiger partial charge on any atom is -0.366 e. The lowest BCUT2D eigenvalue weighted by Crippen LogP contribution is -2.15. The zero-order valence-electron chi connectivity index (χ0n) is 10.2. The van der Waals surface area contributed by atoms with E-state index >= 15 is 0 Å². The predicted molar refractivity (Wildman–Crippen MR) is 67.7 cm³/mol. The maximum Gasteiger partial charge on any atom is 0.249 e. The quantitative estimate of drug-likeness (QED) is 0.867. The Labute approximate surface area is 102 Å². The molecule has 1 aromatic rings. The summed E-state index contributed by atoms with van der Waals surface area (Å²) in [5.41, 5.74) is 7.00. The van der Waals surface area contributed by atoms with Gasteiger partial charge in [0.05, 0.1) is 0 Å². The highest BCUT2D eigenvalue weighted by Crippen LogP contribution is 2.27. The van der Waals surface area contributed by atoms with Gasteiger partial charge >= 0.3 is 0 Å². The van der Waals surface area contributed by atoms with Crippen LogP contribution in [-0.2, 0) is 6.42 Å². The average molecular weight is 232 g/mol. The van der Waals surface area contributed by atoms with E-state index in [1.54, 1.807) is 18.5 Å². The lowest BCUT2D eigenvalue weighted by Gasteiger charge is -2.21. The molecule has 0 unspecified atom stereocenters. The number of carbonyl (C=O) groups is 1. The number of rotatable bonds is 4. The van der Waals surface area contributed by atoms with E-state index in [4.69, 9.17) is 5.73 Å². The van der Waals surface area contributed by atoms with Crippen LogP contribution in [0.15, 0.2) is 18.5 Å². The molecule has 1 aromatic heterocycles. The van der Waals surface area contributed by atoms with Gasteiger partial charge in [-0.1, -0.05) is 32.1 Å². The molecule has 0 saturated heterocycles. The Morgan fingerprint density at radius 3 is 2.82 bits per heavy atom. The SMILES string of the molecule is NC(=O)c1ccncc1CCC1CCCCC1. The average Bonchev–Trinajstić information content (AvgIpc) is 2.38. The van der Waals surface area contributed by atoms with Gasteiger partial charge in [0, 0.05) is 18.0 Å². The fraction of sp³-hybridized carbons (Fsp3) is 0.571. The molecule has 0 aromatic carbocycles. The first kappa shape index (κ1) is 12.1. The molecule has 2 rings (SSSR count). The van der Waals surface area contributed by atoms with Crippen LogP contribution in [0.2, 0.25) is 0 Å². The minimum absolute atomic E-state index is 0.342. The second kappa shape index (κ2) is 5.80. The van der Waals surface area contributed by atoms with Crippen molar-refractivity contribution in [2.24, 2.45) is 11.7 Å². The Morgan fingerprint density at radius 1 is 1.35 bits per heavy atom. The molecule has 0 aliphatic heterocycles. The Bertz CT molecular complexity index is 384. The van der Waals surface area contributed by atoms with Crippen LogP contribution < -0.4 is 5.73 Å². The molecular weight excluding hydrogens is 212 g/mol. The molecule has 1 aliphatic carbocycles. The van der Waals surface area contributed by atoms with Crippen LogP contribution >= 0.6 is 0 Å². The van der Waals surface area contributed by atoms with Crippen molar-refractivity contribution in [3.05, 3.63) is 29.6 Å². The Morgan fingerprint density at radius 2 is 2.12 bits per heavy atom. The van der Waals surface area contributed by atoms with Gasteiger partial charge in [0.15, 0.2) is 0 Å². The molecule has 0 spiro atoms. The highest BCUT2D eigenvalue weighted by Gasteiger charge is 2.15. The molecule has 92 valence electrons. The first-order chi connectivity index (χ1) is 8.27. The maximum absolute atomic E-state index is 11.3. The number of hydrogen-bond donors (Lipinski definition) is 1. The number of amides is 1. The zero-order valence-corrected chi connectivity index (χ0v) is 10.2. The molecule has 1 fully saturated rings. The Balaban J connectivity index is 1.96.